The van der Waals surface area contributed by atoms with E-state index in [4.69, 9.17) is 26.1 Å². The normalized spacial score (nSPS) is 24.1. The van der Waals surface area contributed by atoms with E-state index in [0.29, 0.717) is 11.2 Å². The van der Waals surface area contributed by atoms with Gasteiger partial charge in [-0.25, -0.2) is 13.4 Å². The molecular weight excluding hydrogens is 523 g/mol. The number of aliphatic hydroxyl groups excluding tert-OH is 2. The minimum absolute atomic E-state index is 0.0889. The summed E-state index contributed by atoms with van der Waals surface area (Å²) in [6.07, 6.45) is -4.30. The number of ether oxygens (including phenoxy) is 1. The summed E-state index contributed by atoms with van der Waals surface area (Å²) >= 11 is 6.15. The lowest BCUT2D eigenvalue weighted by atomic mass is 10.1. The lowest BCUT2D eigenvalue weighted by molar-refractivity contribution is -0.0288. The molecule has 5 atom stereocenters. The summed E-state index contributed by atoms with van der Waals surface area (Å²) < 4.78 is 42.4. The lowest BCUT2D eigenvalue weighted by Gasteiger charge is -2.19. The Bertz CT molecular complexity index is 1370. The third kappa shape index (κ3) is 5.84. The van der Waals surface area contributed by atoms with Gasteiger partial charge in [0, 0.05) is 12.2 Å². The minimum atomic E-state index is -4.85. The van der Waals surface area contributed by atoms with Gasteiger partial charge in [0.1, 0.15) is 29.8 Å². The first kappa shape index (κ1) is 26.0. The summed E-state index contributed by atoms with van der Waals surface area (Å²) in [7, 11) is -9.14. The highest BCUT2D eigenvalue weighted by Gasteiger charge is 2.46. The Kier molecular flexibility index (Phi) is 7.24. The molecule has 12 nitrogen and oxygen atoms in total. The van der Waals surface area contributed by atoms with Crippen molar-refractivity contribution in [3.8, 4) is 0 Å². The molecule has 1 fully saturated rings. The number of nitrogens with one attached hydrogen (secondary N) is 1. The maximum Gasteiger partial charge on any atom is 0.340 e. The Hall–Kier alpha value is -2.09. The van der Waals surface area contributed by atoms with Crippen molar-refractivity contribution in [2.75, 3.05) is 16.6 Å². The molecule has 4 rings (SSSR count). The van der Waals surface area contributed by atoms with E-state index in [1.807, 2.05) is 37.3 Å². The molecule has 3 aromatic rings. The number of hydrogen-bond donors (Lipinski definition) is 5. The van der Waals surface area contributed by atoms with Gasteiger partial charge in [-0.05, 0) is 30.2 Å². The highest BCUT2D eigenvalue weighted by atomic mass is 35.5. The highest BCUT2D eigenvalue weighted by Crippen LogP contribution is 2.39. The molecule has 15 heteroatoms. The zero-order chi connectivity index (χ0) is 25.5. The molecule has 190 valence electrons. The Morgan fingerprint density at radius 2 is 1.86 bits per heavy atom. The molecule has 2 aromatic heterocycles. The maximum atomic E-state index is 12.2. The fourth-order valence-electron chi connectivity index (χ4n) is 4.01. The zero-order valence-electron chi connectivity index (χ0n) is 18.3. The quantitative estimate of drug-likeness (QED) is 0.203. The van der Waals surface area contributed by atoms with Crippen LogP contribution < -0.4 is 5.32 Å². The average molecular weight is 547 g/mol. The molecule has 35 heavy (non-hydrogen) atoms. The van der Waals surface area contributed by atoms with Crippen molar-refractivity contribution in [1.82, 2.24) is 14.5 Å². The number of rotatable bonds is 8. The number of anilines is 1. The van der Waals surface area contributed by atoms with Crippen molar-refractivity contribution in [1.29, 1.82) is 0 Å². The molecule has 1 saturated heterocycles. The number of nitrogens with zero attached hydrogens (tertiary/aromatic N) is 3. The number of benzene rings is 1. The van der Waals surface area contributed by atoms with Crippen LogP contribution in [0.4, 0.5) is 5.82 Å². The van der Waals surface area contributed by atoms with Crippen LogP contribution >= 0.6 is 19.2 Å². The predicted octanol–water partition coefficient (Wildman–Crippen LogP) is 1.43. The lowest BCUT2D eigenvalue weighted by Crippen LogP contribution is -2.35. The smallest absolute Gasteiger partial charge is 0.340 e. The Balaban J connectivity index is 1.61. The van der Waals surface area contributed by atoms with Gasteiger partial charge in [-0.15, -0.1) is 0 Å². The second-order valence-electron chi connectivity index (χ2n) is 8.33. The van der Waals surface area contributed by atoms with Crippen molar-refractivity contribution in [3.05, 3.63) is 53.4 Å². The van der Waals surface area contributed by atoms with Crippen molar-refractivity contribution in [3.63, 3.8) is 0 Å². The van der Waals surface area contributed by atoms with Gasteiger partial charge in [-0.3, -0.25) is 4.57 Å². The van der Waals surface area contributed by atoms with Gasteiger partial charge in [0.05, 0.1) is 11.1 Å². The van der Waals surface area contributed by atoms with Crippen LogP contribution in [-0.2, 0) is 19.1 Å². The van der Waals surface area contributed by atoms with E-state index >= 15 is 0 Å². The van der Waals surface area contributed by atoms with Gasteiger partial charge in [0.2, 0.25) is 5.28 Å². The second-order valence-corrected chi connectivity index (χ2v) is 12.8. The van der Waals surface area contributed by atoms with Gasteiger partial charge in [-0.2, -0.15) is 4.98 Å². The van der Waals surface area contributed by atoms with Crippen LogP contribution in [0.25, 0.3) is 11.0 Å². The predicted molar refractivity (Wildman–Crippen MR) is 128 cm³/mol. The number of halogens is 1. The van der Waals surface area contributed by atoms with Gasteiger partial charge in [-0.1, -0.05) is 30.3 Å². The largest absolute Gasteiger partial charge is 0.387 e. The first-order valence-corrected chi connectivity index (χ1v) is 14.5. The number of hydrogen-bond acceptors (Lipinski definition) is 9. The molecule has 0 bridgehead atoms. The average Bonchev–Trinajstić information content (AvgIpc) is 3.28. The molecule has 0 radical (unpaired) electrons. The molecule has 5 N–H and O–H groups in total. The van der Waals surface area contributed by atoms with Crippen LogP contribution in [0, 0.1) is 0 Å². The van der Waals surface area contributed by atoms with Crippen LogP contribution in [0.5, 0.6) is 0 Å². The van der Waals surface area contributed by atoms with Gasteiger partial charge >= 0.3 is 7.60 Å². The van der Waals surface area contributed by atoms with Crippen molar-refractivity contribution in [2.45, 2.75) is 37.5 Å². The number of fused-ring (bicyclic) bond motifs is 1. The van der Waals surface area contributed by atoms with Gasteiger partial charge in [0.15, 0.2) is 21.6 Å². The minimum Gasteiger partial charge on any atom is -0.387 e. The molecule has 0 spiro atoms. The molecule has 1 aliphatic heterocycles. The number of sulfone groups is 1. The van der Waals surface area contributed by atoms with Crippen LogP contribution in [0.15, 0.2) is 42.6 Å². The van der Waals surface area contributed by atoms with E-state index in [9.17, 15) is 23.2 Å². The molecule has 3 heterocycles. The molecule has 0 amide bonds. The fraction of sp³-hybridized carbons (Fsp3) is 0.400. The number of aliphatic hydroxyl groups is 2. The summed E-state index contributed by atoms with van der Waals surface area (Å²) in [5, 5.41) is 24.7. The van der Waals surface area contributed by atoms with E-state index in [2.05, 4.69) is 15.3 Å². The van der Waals surface area contributed by atoms with Gasteiger partial charge in [0.25, 0.3) is 0 Å². The van der Waals surface area contributed by atoms with Crippen molar-refractivity contribution in [2.24, 2.45) is 0 Å². The SMILES string of the molecule is CC(Nc1nc(Cl)nc2c1ccn2[C@@H]1O[C@H](CS(=O)(=O)CP(=O)(O)O)[C@@H](O)[C@H]1O)c1ccccc1. The maximum absolute atomic E-state index is 12.2. The standard InChI is InChI=1S/C20H24ClN4O8PS/c1-11(12-5-3-2-4-6-12)22-17-13-7-8-25(18(13)24-20(21)23-17)19-16(27)15(26)14(33-19)9-35(31,32)10-34(28,29)30/h2-8,11,14-16,19,26-27H,9-10H2,1H3,(H,22,23,24)(H2,28,29,30)/t11?,14-,15-,16-,19-/m1/s1. The van der Waals surface area contributed by atoms with E-state index in [1.54, 1.807) is 6.07 Å². The molecular formula is C20H24ClN4O8PS. The van der Waals surface area contributed by atoms with Crippen LogP contribution in [0.1, 0.15) is 24.8 Å². The number of aromatic nitrogens is 3. The summed E-state index contributed by atoms with van der Waals surface area (Å²) in [5.41, 5.74) is -0.119. The Morgan fingerprint density at radius 1 is 1.17 bits per heavy atom. The summed E-state index contributed by atoms with van der Waals surface area (Å²) in [6, 6.07) is 11.2. The van der Waals surface area contributed by atoms with Crippen molar-refractivity contribution < 1.29 is 37.7 Å². The molecule has 1 aliphatic rings. The Labute approximate surface area is 205 Å². The monoisotopic (exact) mass is 546 g/mol. The third-order valence-electron chi connectivity index (χ3n) is 5.59. The fourth-order valence-corrected chi connectivity index (χ4v) is 7.42. The first-order valence-electron chi connectivity index (χ1n) is 10.5. The van der Waals surface area contributed by atoms with Gasteiger partial charge < -0.3 is 34.6 Å². The molecule has 0 saturated carbocycles. The van der Waals surface area contributed by atoms with E-state index in [-0.39, 0.29) is 17.0 Å². The van der Waals surface area contributed by atoms with E-state index < -0.39 is 53.2 Å². The van der Waals surface area contributed by atoms with Crippen LogP contribution in [0.2, 0.25) is 5.28 Å². The summed E-state index contributed by atoms with van der Waals surface area (Å²) in [4.78, 5) is 26.5. The molecule has 1 unspecified atom stereocenters. The first-order chi connectivity index (χ1) is 16.3. The van der Waals surface area contributed by atoms with Crippen molar-refractivity contribution >= 4 is 45.9 Å². The summed E-state index contributed by atoms with van der Waals surface area (Å²) in [5.74, 6) is -0.465. The van der Waals surface area contributed by atoms with E-state index in [1.165, 1.54) is 10.8 Å². The molecule has 1 aromatic carbocycles. The summed E-state index contributed by atoms with van der Waals surface area (Å²) in [6.45, 7) is 1.94. The van der Waals surface area contributed by atoms with E-state index in [0.717, 1.165) is 5.56 Å². The zero-order valence-corrected chi connectivity index (χ0v) is 20.8. The second kappa shape index (κ2) is 9.75. The molecule has 0 aliphatic carbocycles. The van der Waals surface area contributed by atoms with Crippen LogP contribution in [-0.4, -0.2) is 72.5 Å². The van der Waals surface area contributed by atoms with Crippen LogP contribution in [0.3, 0.4) is 0 Å². The third-order valence-corrected chi connectivity index (χ3v) is 9.52. The topological polar surface area (TPSA) is 184 Å². The Morgan fingerprint density at radius 3 is 2.51 bits per heavy atom. The highest BCUT2D eigenvalue weighted by molar-refractivity contribution is 7.97.